The highest BCUT2D eigenvalue weighted by atomic mass is 31.0. The largest absolute Gasteiger partial charge is 0.457 e. The Morgan fingerprint density at radius 3 is 2.63 bits per heavy atom. The van der Waals surface area contributed by atoms with Crippen LogP contribution in [0.1, 0.15) is 34.3 Å². The summed E-state index contributed by atoms with van der Waals surface area (Å²) in [7, 11) is 2.24. The number of amides is 2. The Balaban J connectivity index is 1.36. The molecule has 1 unspecified atom stereocenters. The molecule has 2 amide bonds. The number of nitrogens with zero attached hydrogens (tertiary/aromatic N) is 2. The molecule has 3 aromatic rings. The Morgan fingerprint density at radius 2 is 1.91 bits per heavy atom. The van der Waals surface area contributed by atoms with E-state index in [-0.39, 0.29) is 28.8 Å². The number of carbonyl (C=O) groups is 2. The van der Waals surface area contributed by atoms with Gasteiger partial charge in [-0.15, -0.1) is 9.24 Å². The Morgan fingerprint density at radius 1 is 1.11 bits per heavy atom. The number of hydrogen-bond acceptors (Lipinski definition) is 4. The number of ether oxygens (including phenoxy) is 1. The number of anilines is 2. The number of fused-ring (bicyclic) bond motifs is 1. The summed E-state index contributed by atoms with van der Waals surface area (Å²) in [6.07, 6.45) is -2.10. The van der Waals surface area contributed by atoms with E-state index in [0.717, 1.165) is 30.5 Å². The fraction of sp³-hybridized carbons (Fsp3) is 0.240. The predicted molar refractivity (Wildman–Crippen MR) is 128 cm³/mol. The van der Waals surface area contributed by atoms with Gasteiger partial charge < -0.3 is 10.1 Å². The Hall–Kier alpha value is -3.45. The van der Waals surface area contributed by atoms with Crippen molar-refractivity contribution in [3.05, 3.63) is 71.3 Å². The topological polar surface area (TPSA) is 71.5 Å². The van der Waals surface area contributed by atoms with E-state index in [4.69, 9.17) is 4.74 Å². The first kappa shape index (κ1) is 23.3. The molecule has 2 heterocycles. The summed E-state index contributed by atoms with van der Waals surface area (Å²) >= 11 is 0. The molecule has 0 spiro atoms. The Kier molecular flexibility index (Phi) is 5.97. The molecule has 6 nitrogen and oxygen atoms in total. The molecule has 2 aromatic carbocycles. The molecule has 1 aromatic heterocycles. The quantitative estimate of drug-likeness (QED) is 0.505. The van der Waals surface area contributed by atoms with Gasteiger partial charge in [-0.1, -0.05) is 12.1 Å². The number of nitrogens with one attached hydrogen (secondary N) is 1. The SMILES string of the molecule is O=C(Nc1cccc(N2CCc3ccc(Oc4ccc(C(F)(F)F)cc4P)cc3C2=O)n1)C1CC1. The third-order valence-electron chi connectivity index (χ3n) is 5.94. The van der Waals surface area contributed by atoms with Gasteiger partial charge in [-0.2, -0.15) is 13.2 Å². The highest BCUT2D eigenvalue weighted by Crippen LogP contribution is 2.33. The lowest BCUT2D eigenvalue weighted by atomic mass is 9.98. The molecular formula is C25H21F3N3O3P. The van der Waals surface area contributed by atoms with Gasteiger partial charge in [0.1, 0.15) is 23.1 Å². The van der Waals surface area contributed by atoms with Gasteiger partial charge in [0.2, 0.25) is 5.91 Å². The number of aromatic nitrogens is 1. The Labute approximate surface area is 201 Å². The number of benzene rings is 2. The van der Waals surface area contributed by atoms with Crippen molar-refractivity contribution < 1.29 is 27.5 Å². The monoisotopic (exact) mass is 499 g/mol. The molecule has 1 aliphatic carbocycles. The molecule has 2 aliphatic rings. The molecule has 1 atom stereocenters. The fourth-order valence-electron chi connectivity index (χ4n) is 3.90. The van der Waals surface area contributed by atoms with Crippen LogP contribution >= 0.6 is 9.24 Å². The van der Waals surface area contributed by atoms with Gasteiger partial charge in [0.05, 0.1) is 5.56 Å². The number of pyridine rings is 1. The first-order valence-corrected chi connectivity index (χ1v) is 11.6. The molecule has 180 valence electrons. The smallest absolute Gasteiger partial charge is 0.416 e. The minimum atomic E-state index is -4.45. The average molecular weight is 499 g/mol. The van der Waals surface area contributed by atoms with Gasteiger partial charge in [0.25, 0.3) is 5.91 Å². The van der Waals surface area contributed by atoms with Crippen molar-refractivity contribution in [3.63, 3.8) is 0 Å². The number of halogens is 3. The molecule has 0 saturated heterocycles. The van der Waals surface area contributed by atoms with Crippen molar-refractivity contribution in [2.75, 3.05) is 16.8 Å². The number of carbonyl (C=O) groups excluding carboxylic acids is 2. The number of hydrogen-bond donors (Lipinski definition) is 1. The second-order valence-electron chi connectivity index (χ2n) is 8.52. The highest BCUT2D eigenvalue weighted by Gasteiger charge is 2.32. The first-order valence-electron chi connectivity index (χ1n) is 11.1. The summed E-state index contributed by atoms with van der Waals surface area (Å²) in [5, 5.41) is 3.04. The highest BCUT2D eigenvalue weighted by molar-refractivity contribution is 7.27. The molecule has 10 heteroatoms. The van der Waals surface area contributed by atoms with E-state index in [9.17, 15) is 22.8 Å². The van der Waals surface area contributed by atoms with Gasteiger partial charge >= 0.3 is 6.18 Å². The van der Waals surface area contributed by atoms with Crippen LogP contribution in [0.25, 0.3) is 0 Å². The van der Waals surface area contributed by atoms with E-state index in [2.05, 4.69) is 19.5 Å². The predicted octanol–water partition coefficient (Wildman–Crippen LogP) is 4.94. The maximum Gasteiger partial charge on any atom is 0.416 e. The molecule has 1 fully saturated rings. The Bertz CT molecular complexity index is 1320. The van der Waals surface area contributed by atoms with Crippen LogP contribution in [-0.2, 0) is 17.4 Å². The second-order valence-corrected chi connectivity index (χ2v) is 9.14. The standard InChI is InChI=1S/C25H21F3N3O3P/c26-25(27,28)16-7-9-19(20(35)12-16)34-17-8-6-14-10-11-31(24(33)18(14)13-17)22-3-1-2-21(29-22)30-23(32)15-4-5-15/h1-3,6-9,12-13,15H,4-5,10-11,35H2,(H,29,30,32). The lowest BCUT2D eigenvalue weighted by molar-refractivity contribution is -0.137. The van der Waals surface area contributed by atoms with Gasteiger partial charge in [-0.05, 0) is 67.3 Å². The van der Waals surface area contributed by atoms with Crippen molar-refractivity contribution in [3.8, 4) is 11.5 Å². The summed E-state index contributed by atoms with van der Waals surface area (Å²) in [5.41, 5.74) is 0.504. The van der Waals surface area contributed by atoms with Gasteiger partial charge in [0, 0.05) is 23.3 Å². The van der Waals surface area contributed by atoms with Crippen molar-refractivity contribution in [2.45, 2.75) is 25.4 Å². The van der Waals surface area contributed by atoms with Crippen LogP contribution < -0.4 is 20.3 Å². The molecule has 0 radical (unpaired) electrons. The van der Waals surface area contributed by atoms with Crippen molar-refractivity contribution >= 4 is 38.0 Å². The molecule has 1 N–H and O–H groups in total. The summed E-state index contributed by atoms with van der Waals surface area (Å²) in [6.45, 7) is 0.424. The van der Waals surface area contributed by atoms with Crippen LogP contribution in [0.2, 0.25) is 0 Å². The van der Waals surface area contributed by atoms with E-state index in [1.54, 1.807) is 36.4 Å². The molecular weight excluding hydrogens is 478 g/mol. The minimum Gasteiger partial charge on any atom is -0.457 e. The van der Waals surface area contributed by atoms with Crippen LogP contribution in [0.5, 0.6) is 11.5 Å². The zero-order chi connectivity index (χ0) is 24.7. The van der Waals surface area contributed by atoms with Crippen molar-refractivity contribution in [2.24, 2.45) is 5.92 Å². The van der Waals surface area contributed by atoms with Gasteiger partial charge in [-0.25, -0.2) is 4.98 Å². The number of alkyl halides is 3. The van der Waals surface area contributed by atoms with E-state index in [1.165, 1.54) is 11.0 Å². The fourth-order valence-corrected chi connectivity index (χ4v) is 4.23. The van der Waals surface area contributed by atoms with Gasteiger partial charge in [-0.3, -0.25) is 14.5 Å². The normalized spacial score (nSPS) is 15.5. The maximum atomic E-state index is 13.3. The molecule has 5 rings (SSSR count). The maximum absolute atomic E-state index is 13.3. The molecule has 1 saturated carbocycles. The van der Waals surface area contributed by atoms with Crippen LogP contribution in [0.4, 0.5) is 24.8 Å². The summed E-state index contributed by atoms with van der Waals surface area (Å²) < 4.78 is 44.6. The summed E-state index contributed by atoms with van der Waals surface area (Å²) in [6, 6.07) is 13.4. The zero-order valence-corrected chi connectivity index (χ0v) is 19.6. The van der Waals surface area contributed by atoms with Gasteiger partial charge in [0.15, 0.2) is 0 Å². The van der Waals surface area contributed by atoms with Crippen LogP contribution in [0.15, 0.2) is 54.6 Å². The van der Waals surface area contributed by atoms with Crippen LogP contribution in [0.3, 0.4) is 0 Å². The van der Waals surface area contributed by atoms with Crippen molar-refractivity contribution in [1.29, 1.82) is 0 Å². The summed E-state index contributed by atoms with van der Waals surface area (Å²) in [5.74, 6) is 1.09. The first-order chi connectivity index (χ1) is 16.7. The third kappa shape index (κ3) is 5.00. The van der Waals surface area contributed by atoms with E-state index in [1.807, 2.05) is 0 Å². The zero-order valence-electron chi connectivity index (χ0n) is 18.4. The average Bonchev–Trinajstić information content (AvgIpc) is 3.66. The van der Waals surface area contributed by atoms with E-state index < -0.39 is 11.7 Å². The lowest BCUT2D eigenvalue weighted by Gasteiger charge is -2.28. The summed E-state index contributed by atoms with van der Waals surface area (Å²) in [4.78, 5) is 31.4. The molecule has 35 heavy (non-hydrogen) atoms. The third-order valence-corrected chi connectivity index (χ3v) is 6.39. The van der Waals surface area contributed by atoms with Crippen molar-refractivity contribution in [1.82, 2.24) is 4.98 Å². The van der Waals surface area contributed by atoms with Crippen LogP contribution in [0, 0.1) is 5.92 Å². The lowest BCUT2D eigenvalue weighted by Crippen LogP contribution is -2.38. The van der Waals surface area contributed by atoms with Crippen LogP contribution in [-0.4, -0.2) is 23.3 Å². The number of rotatable bonds is 5. The molecule has 0 bridgehead atoms. The van der Waals surface area contributed by atoms with E-state index >= 15 is 0 Å². The molecule has 1 aliphatic heterocycles. The van der Waals surface area contributed by atoms with E-state index in [0.29, 0.717) is 35.9 Å². The minimum absolute atomic E-state index is 0.0362. The second kappa shape index (κ2) is 8.96.